The number of hydrogen-bond donors (Lipinski definition) is 4. The summed E-state index contributed by atoms with van der Waals surface area (Å²) in [7, 11) is 1.78. The Bertz CT molecular complexity index is 1110. The van der Waals surface area contributed by atoms with Crippen LogP contribution in [0.25, 0.3) is 22.6 Å². The Morgan fingerprint density at radius 1 is 1.21 bits per heavy atom. The van der Waals surface area contributed by atoms with Crippen molar-refractivity contribution in [1.82, 2.24) is 20.4 Å². The van der Waals surface area contributed by atoms with Crippen molar-refractivity contribution in [2.75, 3.05) is 25.5 Å². The van der Waals surface area contributed by atoms with Gasteiger partial charge in [-0.2, -0.15) is 0 Å². The van der Waals surface area contributed by atoms with Crippen LogP contribution in [0.15, 0.2) is 28.8 Å². The van der Waals surface area contributed by atoms with Crippen LogP contribution in [-0.4, -0.2) is 63.8 Å². The van der Waals surface area contributed by atoms with E-state index in [2.05, 4.69) is 15.8 Å². The molecule has 1 aliphatic carbocycles. The van der Waals surface area contributed by atoms with Gasteiger partial charge < -0.3 is 30.1 Å². The number of aliphatic hydroxyl groups excluding tert-OH is 2. The second-order valence-electron chi connectivity index (χ2n) is 8.87. The third-order valence-electron chi connectivity index (χ3n) is 6.19. The molecule has 4 rings (SSSR count). The van der Waals surface area contributed by atoms with Crippen molar-refractivity contribution in [1.29, 1.82) is 0 Å². The second-order valence-corrected chi connectivity index (χ2v) is 8.87. The number of hydrogen-bond acceptors (Lipinski definition) is 9. The number of nitrogens with zero attached hydrogens (tertiary/aromatic N) is 3. The van der Waals surface area contributed by atoms with Crippen LogP contribution in [0.2, 0.25) is 0 Å². The molecule has 0 spiro atoms. The highest BCUT2D eigenvalue weighted by Gasteiger charge is 2.27. The average Bonchev–Trinajstić information content (AvgIpc) is 3.38. The van der Waals surface area contributed by atoms with Crippen LogP contribution in [0.4, 0.5) is 5.82 Å². The molecule has 182 valence electrons. The van der Waals surface area contributed by atoms with E-state index in [4.69, 9.17) is 19.2 Å². The van der Waals surface area contributed by atoms with Gasteiger partial charge in [-0.05, 0) is 59.2 Å². The van der Waals surface area contributed by atoms with Crippen molar-refractivity contribution in [2.45, 2.75) is 58.3 Å². The molecule has 0 bridgehead atoms. The second kappa shape index (κ2) is 10.5. The minimum atomic E-state index is -0.607. The average molecular weight is 468 g/mol. The number of nitrogens with one attached hydrogen (secondary N) is 2. The highest BCUT2D eigenvalue weighted by molar-refractivity contribution is 5.74. The van der Waals surface area contributed by atoms with Crippen molar-refractivity contribution in [3.63, 3.8) is 0 Å². The van der Waals surface area contributed by atoms with Crippen LogP contribution in [0.5, 0.6) is 5.75 Å². The fourth-order valence-corrected chi connectivity index (χ4v) is 4.35. The topological polar surface area (TPSA) is 126 Å². The van der Waals surface area contributed by atoms with Gasteiger partial charge in [-0.1, -0.05) is 17.3 Å². The lowest BCUT2D eigenvalue weighted by atomic mass is 10.0. The van der Waals surface area contributed by atoms with E-state index in [0.717, 1.165) is 47.3 Å². The molecule has 9 heteroatoms. The Hall–Kier alpha value is -3.01. The molecule has 0 saturated heterocycles. The number of aryl methyl sites for hydroxylation is 2. The van der Waals surface area contributed by atoms with Gasteiger partial charge in [-0.25, -0.2) is 9.97 Å². The molecule has 1 aromatic carbocycles. The molecular weight excluding hydrogens is 434 g/mol. The maximum absolute atomic E-state index is 10.4. The van der Waals surface area contributed by atoms with Crippen LogP contribution in [0.3, 0.4) is 0 Å². The van der Waals surface area contributed by atoms with Crippen LogP contribution in [-0.2, 0) is 0 Å². The molecule has 0 aliphatic heterocycles. The summed E-state index contributed by atoms with van der Waals surface area (Å²) in [5.74, 6) is 2.52. The summed E-state index contributed by atoms with van der Waals surface area (Å²) in [6.45, 7) is 6.36. The third-order valence-corrected chi connectivity index (χ3v) is 6.19. The summed E-state index contributed by atoms with van der Waals surface area (Å²) in [6.07, 6.45) is 1.64. The van der Waals surface area contributed by atoms with Crippen molar-refractivity contribution < 1.29 is 19.5 Å². The summed E-state index contributed by atoms with van der Waals surface area (Å²) in [5, 5.41) is 30.8. The fraction of sp³-hybridized carbons (Fsp3) is 0.480. The third kappa shape index (κ3) is 5.22. The minimum Gasteiger partial charge on any atom is -0.491 e. The molecule has 1 aliphatic rings. The summed E-state index contributed by atoms with van der Waals surface area (Å²) < 4.78 is 11.2. The Kier molecular flexibility index (Phi) is 7.45. The summed E-state index contributed by atoms with van der Waals surface area (Å²) in [5.41, 5.74) is 4.00. The number of aliphatic hydroxyl groups is 2. The Morgan fingerprint density at radius 3 is 2.71 bits per heavy atom. The number of benzene rings is 1. The van der Waals surface area contributed by atoms with Gasteiger partial charge in [0.05, 0.1) is 29.1 Å². The van der Waals surface area contributed by atoms with E-state index >= 15 is 0 Å². The molecule has 4 N–H and O–H groups in total. The van der Waals surface area contributed by atoms with Crippen LogP contribution < -0.4 is 15.4 Å². The van der Waals surface area contributed by atoms with Gasteiger partial charge in [0.1, 0.15) is 30.0 Å². The summed E-state index contributed by atoms with van der Waals surface area (Å²) in [6, 6.07) is 7.45. The quantitative estimate of drug-likeness (QED) is 0.376. The largest absolute Gasteiger partial charge is 0.491 e. The smallest absolute Gasteiger partial charge is 0.162 e. The maximum Gasteiger partial charge on any atom is 0.162 e. The predicted octanol–water partition coefficient (Wildman–Crippen LogP) is 3.01. The Balaban J connectivity index is 1.73. The molecule has 1 fully saturated rings. The molecule has 3 aromatic rings. The highest BCUT2D eigenvalue weighted by Crippen LogP contribution is 2.34. The Morgan fingerprint density at radius 2 is 2.03 bits per heavy atom. The lowest BCUT2D eigenvalue weighted by molar-refractivity contribution is 0.108. The molecule has 0 radical (unpaired) electrons. The molecule has 9 nitrogen and oxygen atoms in total. The maximum atomic E-state index is 10.4. The first-order valence-electron chi connectivity index (χ1n) is 11.7. The van der Waals surface area contributed by atoms with Crippen LogP contribution in [0, 0.1) is 20.8 Å². The van der Waals surface area contributed by atoms with Crippen molar-refractivity contribution in [3.8, 4) is 28.4 Å². The van der Waals surface area contributed by atoms with E-state index in [9.17, 15) is 10.2 Å². The van der Waals surface area contributed by atoms with Crippen molar-refractivity contribution >= 4 is 5.82 Å². The van der Waals surface area contributed by atoms with Gasteiger partial charge in [0, 0.05) is 17.7 Å². The first kappa shape index (κ1) is 24.1. The Labute approximate surface area is 199 Å². The number of likely N-dealkylation sites (N-methyl/N-ethyl adjacent to an activating group) is 1. The fourth-order valence-electron chi connectivity index (χ4n) is 4.35. The molecule has 34 heavy (non-hydrogen) atoms. The number of aromatic nitrogens is 3. The zero-order chi connectivity index (χ0) is 24.2. The number of rotatable bonds is 9. The zero-order valence-electron chi connectivity index (χ0n) is 20.1. The van der Waals surface area contributed by atoms with E-state index in [1.165, 1.54) is 0 Å². The first-order chi connectivity index (χ1) is 16.4. The molecule has 2 aromatic heterocycles. The standard InChI is InChI=1S/C25H33N5O4/c1-14-23(22-15(2)30-34-16(22)3)28-25(29-24(14)27-20-9-6-10-21(20)32)17-7-5-8-19(11-17)33-13-18(31)12-26-4/h5,7-8,11,18,20-21,26,31-32H,6,9-10,12-13H2,1-4H3,(H,27,28,29)/t18?,20-,21+/m1/s1. The van der Waals surface area contributed by atoms with Crippen LogP contribution >= 0.6 is 0 Å². The van der Waals surface area contributed by atoms with Gasteiger partial charge in [0.15, 0.2) is 5.82 Å². The lowest BCUT2D eigenvalue weighted by Gasteiger charge is -2.20. The van der Waals surface area contributed by atoms with Gasteiger partial charge in [0.2, 0.25) is 0 Å². The van der Waals surface area contributed by atoms with E-state index < -0.39 is 12.2 Å². The predicted molar refractivity (Wildman–Crippen MR) is 130 cm³/mol. The van der Waals surface area contributed by atoms with E-state index in [-0.39, 0.29) is 12.6 Å². The van der Waals surface area contributed by atoms with E-state index in [1.54, 1.807) is 7.05 Å². The molecule has 1 unspecified atom stereocenters. The lowest BCUT2D eigenvalue weighted by Crippen LogP contribution is -2.29. The highest BCUT2D eigenvalue weighted by atomic mass is 16.5. The minimum absolute atomic E-state index is 0.0534. The van der Waals surface area contributed by atoms with Crippen molar-refractivity contribution in [2.24, 2.45) is 0 Å². The van der Waals surface area contributed by atoms with Crippen LogP contribution in [0.1, 0.15) is 36.3 Å². The SMILES string of the molecule is CNCC(O)COc1cccc(-c2nc(N[C@@H]3CCC[C@@H]3O)c(C)c(-c3c(C)noc3C)n2)c1. The first-order valence-corrected chi connectivity index (χ1v) is 11.7. The number of ether oxygens (including phenoxy) is 1. The van der Waals surface area contributed by atoms with E-state index in [0.29, 0.717) is 29.7 Å². The zero-order valence-corrected chi connectivity index (χ0v) is 20.1. The monoisotopic (exact) mass is 467 g/mol. The molecule has 2 heterocycles. The molecule has 0 amide bonds. The van der Waals surface area contributed by atoms with Gasteiger partial charge in [-0.15, -0.1) is 0 Å². The van der Waals surface area contributed by atoms with Gasteiger partial charge >= 0.3 is 0 Å². The van der Waals surface area contributed by atoms with Gasteiger partial charge in [-0.3, -0.25) is 0 Å². The van der Waals surface area contributed by atoms with E-state index in [1.807, 2.05) is 45.0 Å². The number of anilines is 1. The summed E-state index contributed by atoms with van der Waals surface area (Å²) >= 11 is 0. The van der Waals surface area contributed by atoms with Crippen molar-refractivity contribution in [3.05, 3.63) is 41.3 Å². The molecule has 3 atom stereocenters. The normalized spacial score (nSPS) is 18.8. The van der Waals surface area contributed by atoms with Gasteiger partial charge in [0.25, 0.3) is 0 Å². The summed E-state index contributed by atoms with van der Waals surface area (Å²) in [4.78, 5) is 9.73. The molecule has 1 saturated carbocycles. The molecular formula is C25H33N5O4.